The lowest BCUT2D eigenvalue weighted by molar-refractivity contribution is -0.0216. The molecule has 2 heterocycles. The Morgan fingerprint density at radius 1 is 1.15 bits per heavy atom. The third-order valence-corrected chi connectivity index (χ3v) is 5.22. The van der Waals surface area contributed by atoms with Crippen molar-refractivity contribution in [1.29, 1.82) is 0 Å². The van der Waals surface area contributed by atoms with Crippen molar-refractivity contribution in [2.45, 2.75) is 63.8 Å². The Morgan fingerprint density at radius 3 is 2.77 bits per heavy atom. The molecule has 26 heavy (non-hydrogen) atoms. The molecule has 6 nitrogen and oxygen atoms in total. The van der Waals surface area contributed by atoms with Crippen molar-refractivity contribution in [3.8, 4) is 0 Å². The number of nitrogens with one attached hydrogen (secondary N) is 3. The summed E-state index contributed by atoms with van der Waals surface area (Å²) in [5.74, 6) is 1.84. The zero-order chi connectivity index (χ0) is 17.8. The number of rotatable bonds is 6. The van der Waals surface area contributed by atoms with Crippen LogP contribution in [0.25, 0.3) is 0 Å². The minimum atomic E-state index is 0.259. The Morgan fingerprint density at radius 2 is 1.96 bits per heavy atom. The Kier molecular flexibility index (Phi) is 5.32. The summed E-state index contributed by atoms with van der Waals surface area (Å²) in [6, 6.07) is 11.0. The topological polar surface area (TPSA) is 71.1 Å². The molecule has 0 spiro atoms. The second kappa shape index (κ2) is 8.01. The largest absolute Gasteiger partial charge is 0.375 e. The maximum absolute atomic E-state index is 6.29. The molecular weight excluding hydrogens is 326 g/mol. The van der Waals surface area contributed by atoms with Crippen molar-refractivity contribution < 1.29 is 4.74 Å². The summed E-state index contributed by atoms with van der Waals surface area (Å²) >= 11 is 0. The number of hydrogen-bond donors (Lipinski definition) is 3. The van der Waals surface area contributed by atoms with E-state index in [1.807, 2.05) is 0 Å². The Hall–Kier alpha value is -2.18. The monoisotopic (exact) mass is 353 g/mol. The summed E-state index contributed by atoms with van der Waals surface area (Å²) in [5, 5.41) is 3.61. The SMILES string of the molecule is CC(Cc1ccccc1)OC1CCC(Nc2ncnc3c2CNN3)CC1. The second-order valence-electron chi connectivity index (χ2n) is 7.28. The Bertz CT molecular complexity index is 715. The van der Waals surface area contributed by atoms with E-state index in [1.54, 1.807) is 6.33 Å². The number of ether oxygens (including phenoxy) is 1. The van der Waals surface area contributed by atoms with Gasteiger partial charge < -0.3 is 15.5 Å². The molecule has 1 fully saturated rings. The first kappa shape index (κ1) is 17.2. The third kappa shape index (κ3) is 4.14. The van der Waals surface area contributed by atoms with E-state index >= 15 is 0 Å². The van der Waals surface area contributed by atoms with Gasteiger partial charge in [-0.3, -0.25) is 0 Å². The van der Waals surface area contributed by atoms with Crippen LogP contribution in [0.15, 0.2) is 36.7 Å². The van der Waals surface area contributed by atoms with E-state index in [-0.39, 0.29) is 6.10 Å². The van der Waals surface area contributed by atoms with Gasteiger partial charge in [0.15, 0.2) is 0 Å². The lowest BCUT2D eigenvalue weighted by Crippen LogP contribution is -2.32. The standard InChI is InChI=1S/C20H27N5O/c1-14(11-15-5-3-2-4-6-15)26-17-9-7-16(8-10-17)24-19-18-12-23-25-20(18)22-13-21-19/h2-6,13-14,16-17,23H,7-12H2,1H3,(H2,21,22,24,25). The van der Waals surface area contributed by atoms with E-state index in [0.29, 0.717) is 12.1 Å². The molecule has 1 saturated carbocycles. The number of fused-ring (bicyclic) bond motifs is 1. The van der Waals surface area contributed by atoms with E-state index in [9.17, 15) is 0 Å². The molecule has 1 aliphatic heterocycles. The highest BCUT2D eigenvalue weighted by Gasteiger charge is 2.25. The van der Waals surface area contributed by atoms with E-state index in [1.165, 1.54) is 5.56 Å². The molecule has 3 N–H and O–H groups in total. The maximum atomic E-state index is 6.29. The van der Waals surface area contributed by atoms with E-state index in [0.717, 1.165) is 55.8 Å². The van der Waals surface area contributed by atoms with Crippen molar-refractivity contribution in [1.82, 2.24) is 15.4 Å². The van der Waals surface area contributed by atoms with Gasteiger partial charge in [0, 0.05) is 12.6 Å². The smallest absolute Gasteiger partial charge is 0.150 e. The number of anilines is 2. The van der Waals surface area contributed by atoms with Crippen molar-refractivity contribution in [3.05, 3.63) is 47.8 Å². The van der Waals surface area contributed by atoms with Crippen LogP contribution in [0, 0.1) is 0 Å². The van der Waals surface area contributed by atoms with Gasteiger partial charge in [-0.05, 0) is 44.6 Å². The number of hydrazine groups is 1. The molecule has 1 aromatic heterocycles. The van der Waals surface area contributed by atoms with Gasteiger partial charge in [-0.15, -0.1) is 0 Å². The summed E-state index contributed by atoms with van der Waals surface area (Å²) in [7, 11) is 0. The Balaban J connectivity index is 1.25. The van der Waals surface area contributed by atoms with Crippen molar-refractivity contribution in [2.24, 2.45) is 0 Å². The predicted molar refractivity (Wildman–Crippen MR) is 103 cm³/mol. The third-order valence-electron chi connectivity index (χ3n) is 5.22. The number of benzene rings is 1. The van der Waals surface area contributed by atoms with Crippen LogP contribution in [0.5, 0.6) is 0 Å². The number of aromatic nitrogens is 2. The van der Waals surface area contributed by atoms with Crippen molar-refractivity contribution >= 4 is 11.6 Å². The number of hydrogen-bond acceptors (Lipinski definition) is 6. The molecule has 0 radical (unpaired) electrons. The van der Waals surface area contributed by atoms with Gasteiger partial charge in [-0.2, -0.15) is 0 Å². The molecule has 1 unspecified atom stereocenters. The van der Waals surface area contributed by atoms with Crippen LogP contribution in [-0.2, 0) is 17.7 Å². The fraction of sp³-hybridized carbons (Fsp3) is 0.500. The molecule has 1 aromatic carbocycles. The predicted octanol–water partition coefficient (Wildman–Crippen LogP) is 3.28. The van der Waals surface area contributed by atoms with Crippen LogP contribution in [-0.4, -0.2) is 28.2 Å². The fourth-order valence-corrected chi connectivity index (χ4v) is 3.89. The van der Waals surface area contributed by atoms with E-state index < -0.39 is 0 Å². The summed E-state index contributed by atoms with van der Waals surface area (Å²) in [4.78, 5) is 8.67. The molecule has 1 aliphatic carbocycles. The normalized spacial score (nSPS) is 23.1. The van der Waals surface area contributed by atoms with E-state index in [2.05, 4.69) is 63.4 Å². The lowest BCUT2D eigenvalue weighted by atomic mass is 9.92. The van der Waals surface area contributed by atoms with Gasteiger partial charge in [0.1, 0.15) is 18.0 Å². The first-order valence-corrected chi connectivity index (χ1v) is 9.56. The van der Waals surface area contributed by atoms with Crippen molar-refractivity contribution in [3.63, 3.8) is 0 Å². The molecule has 2 aliphatic rings. The van der Waals surface area contributed by atoms with E-state index in [4.69, 9.17) is 4.74 Å². The molecule has 138 valence electrons. The van der Waals surface area contributed by atoms with Crippen LogP contribution < -0.4 is 16.2 Å². The maximum Gasteiger partial charge on any atom is 0.150 e. The average molecular weight is 353 g/mol. The zero-order valence-electron chi connectivity index (χ0n) is 15.2. The summed E-state index contributed by atoms with van der Waals surface area (Å²) in [6.07, 6.45) is 7.64. The summed E-state index contributed by atoms with van der Waals surface area (Å²) in [5.41, 5.74) is 8.64. The molecule has 0 bridgehead atoms. The molecule has 4 rings (SSSR count). The lowest BCUT2D eigenvalue weighted by Gasteiger charge is -2.31. The molecule has 1 atom stereocenters. The van der Waals surface area contributed by atoms with Crippen LogP contribution in [0.2, 0.25) is 0 Å². The second-order valence-corrected chi connectivity index (χ2v) is 7.28. The zero-order valence-corrected chi connectivity index (χ0v) is 15.2. The summed E-state index contributed by atoms with van der Waals surface area (Å²) < 4.78 is 6.29. The van der Waals surface area contributed by atoms with Gasteiger partial charge >= 0.3 is 0 Å². The quantitative estimate of drug-likeness (QED) is 0.740. The van der Waals surface area contributed by atoms with Crippen LogP contribution in [0.3, 0.4) is 0 Å². The molecule has 0 amide bonds. The molecule has 0 saturated heterocycles. The molecular formula is C20H27N5O. The summed E-state index contributed by atoms with van der Waals surface area (Å²) in [6.45, 7) is 2.94. The highest BCUT2D eigenvalue weighted by Crippen LogP contribution is 2.28. The first-order chi connectivity index (χ1) is 12.8. The van der Waals surface area contributed by atoms with Crippen LogP contribution >= 0.6 is 0 Å². The first-order valence-electron chi connectivity index (χ1n) is 9.56. The molecule has 6 heteroatoms. The van der Waals surface area contributed by atoms with Gasteiger partial charge in [0.05, 0.1) is 17.8 Å². The van der Waals surface area contributed by atoms with Gasteiger partial charge in [0.2, 0.25) is 0 Å². The van der Waals surface area contributed by atoms with Gasteiger partial charge in [0.25, 0.3) is 0 Å². The highest BCUT2D eigenvalue weighted by atomic mass is 16.5. The van der Waals surface area contributed by atoms with Gasteiger partial charge in [-0.25, -0.2) is 15.4 Å². The minimum Gasteiger partial charge on any atom is -0.375 e. The fourth-order valence-electron chi connectivity index (χ4n) is 3.89. The molecule has 2 aromatic rings. The minimum absolute atomic E-state index is 0.259. The Labute approximate surface area is 154 Å². The highest BCUT2D eigenvalue weighted by molar-refractivity contribution is 5.59. The van der Waals surface area contributed by atoms with Crippen molar-refractivity contribution in [2.75, 3.05) is 10.7 Å². The van der Waals surface area contributed by atoms with Crippen LogP contribution in [0.1, 0.15) is 43.7 Å². The number of nitrogens with zero attached hydrogens (tertiary/aromatic N) is 2. The average Bonchev–Trinajstić information content (AvgIpc) is 3.14. The van der Waals surface area contributed by atoms with Crippen LogP contribution in [0.4, 0.5) is 11.6 Å². The van der Waals surface area contributed by atoms with Gasteiger partial charge in [-0.1, -0.05) is 30.3 Å².